The van der Waals surface area contributed by atoms with Gasteiger partial charge in [-0.2, -0.15) is 13.2 Å². The lowest BCUT2D eigenvalue weighted by atomic mass is 10.2. The lowest BCUT2D eigenvalue weighted by Crippen LogP contribution is -2.51. The number of ether oxygens (including phenoxy) is 1. The van der Waals surface area contributed by atoms with Crippen LogP contribution in [0.3, 0.4) is 0 Å². The largest absolute Gasteiger partial charge is 0.416 e. The summed E-state index contributed by atoms with van der Waals surface area (Å²) < 4.78 is 42.9. The first kappa shape index (κ1) is 17.2. The molecule has 0 saturated carbocycles. The number of benzene rings is 1. The molecule has 1 aliphatic rings. The molecule has 0 unspecified atom stereocenters. The van der Waals surface area contributed by atoms with E-state index in [1.807, 2.05) is 30.3 Å². The van der Waals surface area contributed by atoms with Gasteiger partial charge in [-0.05, 0) is 12.1 Å². The smallest absolute Gasteiger partial charge is 0.365 e. The van der Waals surface area contributed by atoms with Gasteiger partial charge in [-0.1, -0.05) is 18.2 Å². The van der Waals surface area contributed by atoms with Gasteiger partial charge in [0.05, 0.1) is 18.7 Å². The fourth-order valence-electron chi connectivity index (χ4n) is 2.37. The van der Waals surface area contributed by atoms with Crippen molar-refractivity contribution in [2.75, 3.05) is 25.0 Å². The molecule has 0 spiro atoms. The highest BCUT2D eigenvalue weighted by molar-refractivity contribution is 5.93. The van der Waals surface area contributed by atoms with Crippen LogP contribution < -0.4 is 5.32 Å². The Morgan fingerprint density at radius 1 is 1.20 bits per heavy atom. The summed E-state index contributed by atoms with van der Waals surface area (Å²) in [6, 6.07) is 9.21. The number of halogens is 3. The van der Waals surface area contributed by atoms with Crippen LogP contribution in [-0.4, -0.2) is 52.8 Å². The topological polar surface area (TPSA) is 67.4 Å². The molecular formula is C16H15F3N4O2. The fraction of sp³-hybridized carbons (Fsp3) is 0.312. The number of para-hydroxylation sites is 1. The zero-order valence-electron chi connectivity index (χ0n) is 13.0. The van der Waals surface area contributed by atoms with E-state index in [9.17, 15) is 18.0 Å². The number of anilines is 2. The number of carbonyl (C=O) groups is 1. The first-order chi connectivity index (χ1) is 11.9. The minimum Gasteiger partial charge on any atom is -0.365 e. The predicted octanol–water partition coefficient (Wildman–Crippen LogP) is 2.62. The van der Waals surface area contributed by atoms with Crippen molar-refractivity contribution in [3.63, 3.8) is 0 Å². The second-order valence-electron chi connectivity index (χ2n) is 5.44. The van der Waals surface area contributed by atoms with Gasteiger partial charge in [-0.3, -0.25) is 4.79 Å². The molecule has 0 aliphatic carbocycles. The Balaban J connectivity index is 1.66. The van der Waals surface area contributed by atoms with E-state index in [0.717, 1.165) is 10.6 Å². The van der Waals surface area contributed by atoms with E-state index in [1.165, 1.54) is 12.4 Å². The number of aromatic nitrogens is 2. The maximum Gasteiger partial charge on any atom is 0.416 e. The Hall–Kier alpha value is -2.68. The summed E-state index contributed by atoms with van der Waals surface area (Å²) in [4.78, 5) is 21.5. The summed E-state index contributed by atoms with van der Waals surface area (Å²) in [5.74, 6) is -0.262. The molecule has 1 amide bonds. The number of amides is 1. The first-order valence-electron chi connectivity index (χ1n) is 7.55. The summed E-state index contributed by atoms with van der Waals surface area (Å²) in [5, 5.41) is 2.96. The number of carbonyl (C=O) groups excluding carboxylic acids is 1. The number of nitrogens with one attached hydrogen (secondary N) is 1. The van der Waals surface area contributed by atoms with Crippen LogP contribution in [0.4, 0.5) is 24.8 Å². The molecule has 1 aromatic carbocycles. The van der Waals surface area contributed by atoms with Crippen LogP contribution in [0.25, 0.3) is 0 Å². The maximum absolute atomic E-state index is 12.7. The summed E-state index contributed by atoms with van der Waals surface area (Å²) >= 11 is 0. The molecule has 1 aliphatic heterocycles. The summed E-state index contributed by atoms with van der Waals surface area (Å²) in [5.41, 5.74) is 0.907. The summed E-state index contributed by atoms with van der Waals surface area (Å²) in [7, 11) is 0. The molecule has 2 aromatic rings. The van der Waals surface area contributed by atoms with Gasteiger partial charge in [0.25, 0.3) is 5.91 Å². The Morgan fingerprint density at radius 2 is 1.88 bits per heavy atom. The van der Waals surface area contributed by atoms with Crippen molar-refractivity contribution in [3.05, 3.63) is 48.3 Å². The Labute approximate surface area is 141 Å². The number of alkyl halides is 3. The van der Waals surface area contributed by atoms with Crippen molar-refractivity contribution >= 4 is 17.5 Å². The van der Waals surface area contributed by atoms with E-state index in [2.05, 4.69) is 20.0 Å². The zero-order chi connectivity index (χ0) is 17.9. The van der Waals surface area contributed by atoms with Gasteiger partial charge >= 0.3 is 6.18 Å². The minimum absolute atomic E-state index is 0.0927. The Morgan fingerprint density at radius 3 is 2.52 bits per heavy atom. The second kappa shape index (κ2) is 7.06. The van der Waals surface area contributed by atoms with Crippen LogP contribution in [0.1, 0.15) is 10.4 Å². The van der Waals surface area contributed by atoms with E-state index in [0.29, 0.717) is 0 Å². The van der Waals surface area contributed by atoms with E-state index in [1.54, 1.807) is 0 Å². The highest BCUT2D eigenvalue weighted by Crippen LogP contribution is 2.26. The standard InChI is InChI=1S/C16H15F3N4O2/c17-16(18,19)13-10-23(6-7-25-13)14(24)11-8-20-15(21-9-11)22-12-4-2-1-3-5-12/h1-5,8-9,13H,6-7,10H2,(H,20,21,22)/t13-/m0/s1. The minimum atomic E-state index is -4.50. The summed E-state index contributed by atoms with van der Waals surface area (Å²) in [6.07, 6.45) is -3.89. The molecule has 1 saturated heterocycles. The van der Waals surface area contributed by atoms with Gasteiger partial charge in [0, 0.05) is 24.6 Å². The van der Waals surface area contributed by atoms with Gasteiger partial charge in [0.2, 0.25) is 5.95 Å². The highest BCUT2D eigenvalue weighted by Gasteiger charge is 2.44. The molecule has 3 rings (SSSR count). The maximum atomic E-state index is 12.7. The molecule has 1 N–H and O–H groups in total. The molecule has 0 radical (unpaired) electrons. The van der Waals surface area contributed by atoms with Gasteiger partial charge in [-0.25, -0.2) is 9.97 Å². The van der Waals surface area contributed by atoms with E-state index < -0.39 is 24.7 Å². The normalized spacial score (nSPS) is 18.0. The van der Waals surface area contributed by atoms with Gasteiger partial charge in [0.1, 0.15) is 0 Å². The molecule has 1 fully saturated rings. The number of rotatable bonds is 3. The third-order valence-electron chi connectivity index (χ3n) is 3.65. The molecule has 25 heavy (non-hydrogen) atoms. The molecule has 2 heterocycles. The van der Waals surface area contributed by atoms with Crippen LogP contribution in [0.15, 0.2) is 42.7 Å². The molecule has 6 nitrogen and oxygen atoms in total. The predicted molar refractivity (Wildman–Crippen MR) is 83.5 cm³/mol. The van der Waals surface area contributed by atoms with Crippen molar-refractivity contribution < 1.29 is 22.7 Å². The number of nitrogens with zero attached hydrogens (tertiary/aromatic N) is 3. The van der Waals surface area contributed by atoms with Gasteiger partial charge in [0.15, 0.2) is 6.10 Å². The lowest BCUT2D eigenvalue weighted by molar-refractivity contribution is -0.233. The highest BCUT2D eigenvalue weighted by atomic mass is 19.4. The molecule has 0 bridgehead atoms. The van der Waals surface area contributed by atoms with Gasteiger partial charge in [-0.15, -0.1) is 0 Å². The summed E-state index contributed by atoms with van der Waals surface area (Å²) in [6.45, 7) is -0.605. The quantitative estimate of drug-likeness (QED) is 0.920. The Bertz CT molecular complexity index is 722. The first-order valence-corrected chi connectivity index (χ1v) is 7.55. The van der Waals surface area contributed by atoms with Crippen LogP contribution in [0.5, 0.6) is 0 Å². The molecule has 1 aromatic heterocycles. The number of hydrogen-bond donors (Lipinski definition) is 1. The average molecular weight is 352 g/mol. The van der Waals surface area contributed by atoms with Crippen LogP contribution in [0, 0.1) is 0 Å². The zero-order valence-corrected chi connectivity index (χ0v) is 13.0. The second-order valence-corrected chi connectivity index (χ2v) is 5.44. The lowest BCUT2D eigenvalue weighted by Gasteiger charge is -2.33. The van der Waals surface area contributed by atoms with E-state index in [4.69, 9.17) is 0 Å². The van der Waals surface area contributed by atoms with Crippen molar-refractivity contribution in [1.29, 1.82) is 0 Å². The number of hydrogen-bond acceptors (Lipinski definition) is 5. The third-order valence-corrected chi connectivity index (χ3v) is 3.65. The van der Waals surface area contributed by atoms with E-state index >= 15 is 0 Å². The van der Waals surface area contributed by atoms with Crippen molar-refractivity contribution in [2.45, 2.75) is 12.3 Å². The SMILES string of the molecule is O=C(c1cnc(Nc2ccccc2)nc1)N1CCO[C@H](C(F)(F)F)C1. The molecule has 132 valence electrons. The van der Waals surface area contributed by atoms with Crippen LogP contribution >= 0.6 is 0 Å². The van der Waals surface area contributed by atoms with Crippen LogP contribution in [-0.2, 0) is 4.74 Å². The average Bonchev–Trinajstić information content (AvgIpc) is 2.62. The molecule has 9 heteroatoms. The van der Waals surface area contributed by atoms with Crippen LogP contribution in [0.2, 0.25) is 0 Å². The van der Waals surface area contributed by atoms with E-state index in [-0.39, 0.29) is 24.7 Å². The fourth-order valence-corrected chi connectivity index (χ4v) is 2.37. The van der Waals surface area contributed by atoms with Crippen molar-refractivity contribution in [1.82, 2.24) is 14.9 Å². The molecule has 1 atom stereocenters. The monoisotopic (exact) mass is 352 g/mol. The molecular weight excluding hydrogens is 337 g/mol. The van der Waals surface area contributed by atoms with Crippen molar-refractivity contribution in [2.24, 2.45) is 0 Å². The number of morpholine rings is 1. The Kier molecular flexibility index (Phi) is 4.84. The van der Waals surface area contributed by atoms with Gasteiger partial charge < -0.3 is 15.0 Å². The van der Waals surface area contributed by atoms with Crippen molar-refractivity contribution in [3.8, 4) is 0 Å². The third kappa shape index (κ3) is 4.24.